The number of pyridine rings is 1. The summed E-state index contributed by atoms with van der Waals surface area (Å²) >= 11 is 4.72. The lowest BCUT2D eigenvalue weighted by atomic mass is 10.2. The van der Waals surface area contributed by atoms with E-state index in [0.717, 1.165) is 10.2 Å². The molecule has 0 N–H and O–H groups in total. The van der Waals surface area contributed by atoms with Crippen molar-refractivity contribution in [2.75, 3.05) is 0 Å². The standard InChI is InChI=1S/C13H8BrNO2S/c1-7-2-3-10-9(15-7)5-11(17-10)13(16)12-4-8(14)6-18-12/h2-6H,1H3. The highest BCUT2D eigenvalue weighted by Crippen LogP contribution is 2.25. The minimum absolute atomic E-state index is 0.110. The van der Waals surface area contributed by atoms with Crippen molar-refractivity contribution in [2.45, 2.75) is 6.92 Å². The first-order chi connectivity index (χ1) is 8.63. The lowest BCUT2D eigenvalue weighted by molar-refractivity contribution is 0.101. The van der Waals surface area contributed by atoms with Crippen molar-refractivity contribution in [3.8, 4) is 0 Å². The summed E-state index contributed by atoms with van der Waals surface area (Å²) in [5, 5.41) is 1.87. The number of aromatic nitrogens is 1. The van der Waals surface area contributed by atoms with Gasteiger partial charge < -0.3 is 4.42 Å². The zero-order chi connectivity index (χ0) is 12.7. The average Bonchev–Trinajstić information content (AvgIpc) is 2.93. The minimum atomic E-state index is -0.110. The Hall–Kier alpha value is -1.46. The Morgan fingerprint density at radius 3 is 2.94 bits per heavy atom. The zero-order valence-corrected chi connectivity index (χ0v) is 11.8. The number of thiophene rings is 1. The molecule has 0 fully saturated rings. The average molecular weight is 322 g/mol. The normalized spacial score (nSPS) is 11.0. The van der Waals surface area contributed by atoms with Gasteiger partial charge in [-0.15, -0.1) is 11.3 Å². The first kappa shape index (κ1) is 11.6. The topological polar surface area (TPSA) is 43.1 Å². The molecule has 3 nitrogen and oxygen atoms in total. The van der Waals surface area contributed by atoms with Crippen LogP contribution in [0.2, 0.25) is 0 Å². The number of halogens is 1. The molecule has 0 aromatic carbocycles. The van der Waals surface area contributed by atoms with Gasteiger partial charge in [0.25, 0.3) is 0 Å². The Balaban J connectivity index is 2.06. The van der Waals surface area contributed by atoms with Gasteiger partial charge in [-0.2, -0.15) is 0 Å². The number of hydrogen-bond acceptors (Lipinski definition) is 4. The van der Waals surface area contributed by atoms with Crippen molar-refractivity contribution >= 4 is 44.1 Å². The van der Waals surface area contributed by atoms with Gasteiger partial charge in [0.1, 0.15) is 5.52 Å². The molecule has 0 aliphatic heterocycles. The van der Waals surface area contributed by atoms with E-state index in [1.165, 1.54) is 11.3 Å². The molecule has 90 valence electrons. The maximum absolute atomic E-state index is 12.2. The van der Waals surface area contributed by atoms with Crippen LogP contribution in [0.4, 0.5) is 0 Å². The summed E-state index contributed by atoms with van der Waals surface area (Å²) in [6.07, 6.45) is 0. The Labute approximate surface area is 116 Å². The number of ketones is 1. The lowest BCUT2D eigenvalue weighted by Gasteiger charge is -1.90. The molecule has 3 aromatic heterocycles. The molecule has 0 unspecified atom stereocenters. The second-order valence-electron chi connectivity index (χ2n) is 3.90. The summed E-state index contributed by atoms with van der Waals surface area (Å²) in [5.74, 6) is 0.221. The van der Waals surface area contributed by atoms with E-state index in [0.29, 0.717) is 21.7 Å². The van der Waals surface area contributed by atoms with Gasteiger partial charge in [0.2, 0.25) is 5.78 Å². The molecule has 0 saturated heterocycles. The Kier molecular flexibility index (Phi) is 2.80. The molecule has 0 aliphatic rings. The van der Waals surface area contributed by atoms with Gasteiger partial charge in [0, 0.05) is 21.6 Å². The van der Waals surface area contributed by atoms with Crippen molar-refractivity contribution in [1.82, 2.24) is 4.98 Å². The molecule has 0 radical (unpaired) electrons. The van der Waals surface area contributed by atoms with E-state index in [1.807, 2.05) is 24.4 Å². The third-order valence-corrected chi connectivity index (χ3v) is 4.22. The van der Waals surface area contributed by atoms with E-state index in [1.54, 1.807) is 12.1 Å². The molecule has 0 bridgehead atoms. The van der Waals surface area contributed by atoms with Crippen molar-refractivity contribution in [3.63, 3.8) is 0 Å². The van der Waals surface area contributed by atoms with Crippen LogP contribution in [0.5, 0.6) is 0 Å². The Bertz CT molecular complexity index is 744. The SMILES string of the molecule is Cc1ccc2oc(C(=O)c3cc(Br)cs3)cc2n1. The van der Waals surface area contributed by atoms with E-state index in [-0.39, 0.29) is 5.78 Å². The van der Waals surface area contributed by atoms with Gasteiger partial charge in [-0.05, 0) is 41.1 Å². The predicted molar refractivity (Wildman–Crippen MR) is 74.2 cm³/mol. The van der Waals surface area contributed by atoms with Crippen LogP contribution < -0.4 is 0 Å². The molecule has 0 amide bonds. The fourth-order valence-electron chi connectivity index (χ4n) is 1.69. The highest BCUT2D eigenvalue weighted by Gasteiger charge is 2.16. The summed E-state index contributed by atoms with van der Waals surface area (Å²) in [6, 6.07) is 7.18. The minimum Gasteiger partial charge on any atom is -0.451 e. The van der Waals surface area contributed by atoms with E-state index in [2.05, 4.69) is 20.9 Å². The van der Waals surface area contributed by atoms with Crippen LogP contribution in [0.3, 0.4) is 0 Å². The first-order valence-corrected chi connectivity index (χ1v) is 6.97. The zero-order valence-electron chi connectivity index (χ0n) is 9.44. The fraction of sp³-hybridized carbons (Fsp3) is 0.0769. The molecule has 0 saturated carbocycles. The molecule has 0 spiro atoms. The number of carbonyl (C=O) groups excluding carboxylic acids is 1. The molecular weight excluding hydrogens is 314 g/mol. The van der Waals surface area contributed by atoms with Crippen LogP contribution in [-0.4, -0.2) is 10.8 Å². The van der Waals surface area contributed by atoms with Gasteiger partial charge in [0.15, 0.2) is 11.3 Å². The molecule has 3 rings (SSSR count). The van der Waals surface area contributed by atoms with Crippen LogP contribution in [-0.2, 0) is 0 Å². The molecule has 0 aliphatic carbocycles. The summed E-state index contributed by atoms with van der Waals surface area (Å²) in [5.41, 5.74) is 2.26. The molecule has 3 heterocycles. The van der Waals surface area contributed by atoms with Crippen LogP contribution in [0, 0.1) is 6.92 Å². The van der Waals surface area contributed by atoms with Crippen LogP contribution in [0.15, 0.2) is 38.5 Å². The van der Waals surface area contributed by atoms with Crippen LogP contribution in [0.25, 0.3) is 11.1 Å². The second kappa shape index (κ2) is 4.33. The van der Waals surface area contributed by atoms with E-state index < -0.39 is 0 Å². The summed E-state index contributed by atoms with van der Waals surface area (Å²) in [7, 11) is 0. The van der Waals surface area contributed by atoms with Crippen molar-refractivity contribution in [2.24, 2.45) is 0 Å². The summed E-state index contributed by atoms with van der Waals surface area (Å²) in [4.78, 5) is 17.2. The highest BCUT2D eigenvalue weighted by molar-refractivity contribution is 9.10. The number of rotatable bonds is 2. The van der Waals surface area contributed by atoms with Gasteiger partial charge in [0.05, 0.1) is 4.88 Å². The number of nitrogens with zero attached hydrogens (tertiary/aromatic N) is 1. The summed E-state index contributed by atoms with van der Waals surface area (Å²) in [6.45, 7) is 1.91. The largest absolute Gasteiger partial charge is 0.451 e. The Morgan fingerprint density at radius 2 is 2.22 bits per heavy atom. The first-order valence-electron chi connectivity index (χ1n) is 5.29. The van der Waals surface area contributed by atoms with Gasteiger partial charge >= 0.3 is 0 Å². The predicted octanol–water partition coefficient (Wildman–Crippen LogP) is 4.19. The molecule has 18 heavy (non-hydrogen) atoms. The number of carbonyl (C=O) groups is 1. The van der Waals surface area contributed by atoms with Gasteiger partial charge in [-0.25, -0.2) is 4.98 Å². The highest BCUT2D eigenvalue weighted by atomic mass is 79.9. The number of hydrogen-bond donors (Lipinski definition) is 0. The Morgan fingerprint density at radius 1 is 1.39 bits per heavy atom. The fourth-order valence-corrected chi connectivity index (χ4v) is 3.06. The maximum atomic E-state index is 12.2. The maximum Gasteiger partial charge on any atom is 0.238 e. The van der Waals surface area contributed by atoms with Crippen molar-refractivity contribution in [3.05, 3.63) is 50.4 Å². The monoisotopic (exact) mass is 321 g/mol. The third-order valence-electron chi connectivity index (χ3n) is 2.53. The number of furan rings is 1. The number of fused-ring (bicyclic) bond motifs is 1. The molecule has 5 heteroatoms. The van der Waals surface area contributed by atoms with E-state index in [4.69, 9.17) is 4.42 Å². The van der Waals surface area contributed by atoms with E-state index >= 15 is 0 Å². The molecule has 3 aromatic rings. The van der Waals surface area contributed by atoms with Crippen molar-refractivity contribution in [1.29, 1.82) is 0 Å². The lowest BCUT2D eigenvalue weighted by Crippen LogP contribution is -1.95. The smallest absolute Gasteiger partial charge is 0.238 e. The van der Waals surface area contributed by atoms with Gasteiger partial charge in [-0.1, -0.05) is 0 Å². The number of aryl methyl sites for hydroxylation is 1. The molecular formula is C13H8BrNO2S. The van der Waals surface area contributed by atoms with Crippen LogP contribution in [0.1, 0.15) is 21.1 Å². The third kappa shape index (κ3) is 2.00. The van der Waals surface area contributed by atoms with E-state index in [9.17, 15) is 4.79 Å². The van der Waals surface area contributed by atoms with Crippen molar-refractivity contribution < 1.29 is 9.21 Å². The van der Waals surface area contributed by atoms with Gasteiger partial charge in [-0.3, -0.25) is 4.79 Å². The molecule has 0 atom stereocenters. The van der Waals surface area contributed by atoms with Crippen LogP contribution >= 0.6 is 27.3 Å². The summed E-state index contributed by atoms with van der Waals surface area (Å²) < 4.78 is 6.43. The quantitative estimate of drug-likeness (QED) is 0.664. The second-order valence-corrected chi connectivity index (χ2v) is 5.73.